The van der Waals surface area contributed by atoms with Crippen LogP contribution in [0, 0.1) is 0 Å². The number of carbonyl (C=O) groups is 2. The molecule has 0 aromatic heterocycles. The molecule has 1 amide bonds. The van der Waals surface area contributed by atoms with Gasteiger partial charge in [-0.3, -0.25) is 9.59 Å². The van der Waals surface area contributed by atoms with Crippen LogP contribution >= 0.6 is 15.9 Å². The van der Waals surface area contributed by atoms with E-state index in [9.17, 15) is 9.59 Å². The van der Waals surface area contributed by atoms with Crippen LogP contribution in [0.25, 0.3) is 0 Å². The SMILES string of the molecule is CCCC(C(N)=O)c1c(Br)cc(OC)c2c1C1C=CC(=O)CC1O2. The maximum Gasteiger partial charge on any atom is 0.225 e. The molecule has 1 aliphatic carbocycles. The summed E-state index contributed by atoms with van der Waals surface area (Å²) in [5.41, 5.74) is 7.44. The molecule has 0 saturated carbocycles. The van der Waals surface area contributed by atoms with E-state index in [1.165, 1.54) is 0 Å². The second kappa shape index (κ2) is 6.59. The summed E-state index contributed by atoms with van der Waals surface area (Å²) in [5, 5.41) is 0. The molecule has 24 heavy (non-hydrogen) atoms. The first-order chi connectivity index (χ1) is 11.5. The largest absolute Gasteiger partial charge is 0.493 e. The summed E-state index contributed by atoms with van der Waals surface area (Å²) >= 11 is 3.57. The van der Waals surface area contributed by atoms with E-state index in [0.29, 0.717) is 24.3 Å². The highest BCUT2D eigenvalue weighted by Crippen LogP contribution is 2.53. The number of nitrogens with two attached hydrogens (primary N) is 1. The minimum atomic E-state index is -0.405. The third kappa shape index (κ3) is 2.73. The van der Waals surface area contributed by atoms with Crippen molar-refractivity contribution in [1.82, 2.24) is 0 Å². The van der Waals surface area contributed by atoms with Gasteiger partial charge in [-0.1, -0.05) is 35.4 Å². The molecule has 0 saturated heterocycles. The Balaban J connectivity index is 2.21. The number of benzene rings is 1. The van der Waals surface area contributed by atoms with Gasteiger partial charge in [0.25, 0.3) is 0 Å². The Morgan fingerprint density at radius 2 is 2.29 bits per heavy atom. The van der Waals surface area contributed by atoms with Crippen molar-refractivity contribution in [2.75, 3.05) is 7.11 Å². The normalized spacial score (nSPS) is 22.5. The summed E-state index contributed by atoms with van der Waals surface area (Å²) in [6, 6.07) is 1.81. The number of rotatable bonds is 5. The molecule has 1 heterocycles. The fourth-order valence-electron chi connectivity index (χ4n) is 3.59. The smallest absolute Gasteiger partial charge is 0.225 e. The Hall–Kier alpha value is -1.82. The summed E-state index contributed by atoms with van der Waals surface area (Å²) in [6.45, 7) is 2.02. The lowest BCUT2D eigenvalue weighted by Crippen LogP contribution is -2.26. The molecule has 0 radical (unpaired) electrons. The lowest BCUT2D eigenvalue weighted by atomic mass is 9.81. The van der Waals surface area contributed by atoms with Crippen LogP contribution in [-0.4, -0.2) is 24.9 Å². The van der Waals surface area contributed by atoms with Crippen LogP contribution in [0.2, 0.25) is 0 Å². The second-order valence-corrected chi connectivity index (χ2v) is 7.03. The second-order valence-electron chi connectivity index (χ2n) is 6.17. The molecule has 3 unspecified atom stereocenters. The number of carbonyl (C=O) groups excluding carboxylic acids is 2. The van der Waals surface area contributed by atoms with Crippen LogP contribution in [-0.2, 0) is 9.59 Å². The number of primary amides is 1. The predicted molar refractivity (Wildman–Crippen MR) is 93.5 cm³/mol. The summed E-state index contributed by atoms with van der Waals surface area (Å²) in [5.74, 6) is 0.422. The molecule has 0 fully saturated rings. The number of ketones is 1. The molecule has 3 rings (SSSR count). The Morgan fingerprint density at radius 1 is 1.54 bits per heavy atom. The molecule has 6 heteroatoms. The number of halogens is 1. The third-order valence-electron chi connectivity index (χ3n) is 4.66. The van der Waals surface area contributed by atoms with E-state index in [1.54, 1.807) is 13.2 Å². The fourth-order valence-corrected chi connectivity index (χ4v) is 4.29. The van der Waals surface area contributed by atoms with Gasteiger partial charge in [0.2, 0.25) is 5.91 Å². The van der Waals surface area contributed by atoms with Crippen LogP contribution in [0.3, 0.4) is 0 Å². The zero-order valence-electron chi connectivity index (χ0n) is 13.7. The Morgan fingerprint density at radius 3 is 2.92 bits per heavy atom. The first kappa shape index (κ1) is 17.0. The zero-order chi connectivity index (χ0) is 17.4. The van der Waals surface area contributed by atoms with Gasteiger partial charge in [-0.15, -0.1) is 0 Å². The van der Waals surface area contributed by atoms with Gasteiger partial charge < -0.3 is 15.2 Å². The highest BCUT2D eigenvalue weighted by Gasteiger charge is 2.42. The fraction of sp³-hybridized carbons (Fsp3) is 0.444. The molecular formula is C18H20BrNO4. The van der Waals surface area contributed by atoms with Gasteiger partial charge in [0, 0.05) is 22.4 Å². The minimum absolute atomic E-state index is 0.0450. The van der Waals surface area contributed by atoms with Crippen LogP contribution in [0.1, 0.15) is 49.1 Å². The van der Waals surface area contributed by atoms with Crippen molar-refractivity contribution in [3.8, 4) is 11.5 Å². The van der Waals surface area contributed by atoms with E-state index in [2.05, 4.69) is 15.9 Å². The highest BCUT2D eigenvalue weighted by atomic mass is 79.9. The average molecular weight is 394 g/mol. The Labute approximate surface area is 149 Å². The van der Waals surface area contributed by atoms with Crippen molar-refractivity contribution in [2.24, 2.45) is 5.73 Å². The maximum absolute atomic E-state index is 12.1. The van der Waals surface area contributed by atoms with E-state index in [1.807, 2.05) is 19.1 Å². The lowest BCUT2D eigenvalue weighted by molar-refractivity contribution is -0.119. The van der Waals surface area contributed by atoms with Crippen molar-refractivity contribution in [2.45, 2.75) is 44.1 Å². The molecule has 1 aromatic rings. The summed E-state index contributed by atoms with van der Waals surface area (Å²) in [7, 11) is 1.58. The third-order valence-corrected chi connectivity index (χ3v) is 5.31. The van der Waals surface area contributed by atoms with Gasteiger partial charge in [0.05, 0.1) is 13.0 Å². The lowest BCUT2D eigenvalue weighted by Gasteiger charge is -2.22. The van der Waals surface area contributed by atoms with Crippen molar-refractivity contribution in [3.63, 3.8) is 0 Å². The monoisotopic (exact) mass is 393 g/mol. The predicted octanol–water partition coefficient (Wildman–Crippen LogP) is 3.20. The number of methoxy groups -OCH3 is 1. The summed E-state index contributed by atoms with van der Waals surface area (Å²) in [4.78, 5) is 23.8. The first-order valence-electron chi connectivity index (χ1n) is 8.05. The van der Waals surface area contributed by atoms with Crippen molar-refractivity contribution < 1.29 is 19.1 Å². The summed E-state index contributed by atoms with van der Waals surface area (Å²) < 4.78 is 12.3. The number of fused-ring (bicyclic) bond motifs is 3. The quantitative estimate of drug-likeness (QED) is 0.832. The number of allylic oxidation sites excluding steroid dienone is 1. The molecule has 2 N–H and O–H groups in total. The topological polar surface area (TPSA) is 78.6 Å². The molecule has 1 aromatic carbocycles. The van der Waals surface area contributed by atoms with Gasteiger partial charge >= 0.3 is 0 Å². The van der Waals surface area contributed by atoms with Crippen molar-refractivity contribution in [3.05, 3.63) is 33.8 Å². The van der Waals surface area contributed by atoms with E-state index in [0.717, 1.165) is 22.0 Å². The number of amides is 1. The van der Waals surface area contributed by atoms with Gasteiger partial charge in [-0.05, 0) is 24.1 Å². The zero-order valence-corrected chi connectivity index (χ0v) is 15.3. The molecule has 0 spiro atoms. The number of hydrogen-bond donors (Lipinski definition) is 1. The molecule has 2 aliphatic rings. The molecule has 128 valence electrons. The molecule has 5 nitrogen and oxygen atoms in total. The van der Waals surface area contributed by atoms with E-state index in [-0.39, 0.29) is 23.7 Å². The molecule has 1 aliphatic heterocycles. The Bertz CT molecular complexity index is 728. The van der Waals surface area contributed by atoms with Gasteiger partial charge in [0.15, 0.2) is 17.3 Å². The first-order valence-corrected chi connectivity index (χ1v) is 8.84. The number of ether oxygens (including phenoxy) is 2. The summed E-state index contributed by atoms with van der Waals surface area (Å²) in [6.07, 6.45) is 5.02. The average Bonchev–Trinajstić information content (AvgIpc) is 2.90. The Kier molecular flexibility index (Phi) is 4.67. The van der Waals surface area contributed by atoms with E-state index in [4.69, 9.17) is 15.2 Å². The van der Waals surface area contributed by atoms with Gasteiger partial charge in [-0.2, -0.15) is 0 Å². The highest BCUT2D eigenvalue weighted by molar-refractivity contribution is 9.10. The standard InChI is InChI=1S/C18H20BrNO4/c1-3-4-11(18(20)22)15-12(19)8-14(23-2)17-16(15)10-6-5-9(21)7-13(10)24-17/h5-6,8,10-11,13H,3-4,7H2,1-2H3,(H2,20,22). The van der Waals surface area contributed by atoms with E-state index < -0.39 is 5.92 Å². The van der Waals surface area contributed by atoms with Gasteiger partial charge in [0.1, 0.15) is 6.10 Å². The van der Waals surface area contributed by atoms with Crippen molar-refractivity contribution in [1.29, 1.82) is 0 Å². The molecular weight excluding hydrogens is 374 g/mol. The van der Waals surface area contributed by atoms with Crippen LogP contribution < -0.4 is 15.2 Å². The molecule has 3 atom stereocenters. The maximum atomic E-state index is 12.1. The van der Waals surface area contributed by atoms with Crippen LogP contribution in [0.15, 0.2) is 22.7 Å². The van der Waals surface area contributed by atoms with E-state index >= 15 is 0 Å². The minimum Gasteiger partial charge on any atom is -0.493 e. The number of hydrogen-bond acceptors (Lipinski definition) is 4. The van der Waals surface area contributed by atoms with Crippen LogP contribution in [0.4, 0.5) is 0 Å². The van der Waals surface area contributed by atoms with Crippen molar-refractivity contribution >= 4 is 27.6 Å². The van der Waals surface area contributed by atoms with Crippen LogP contribution in [0.5, 0.6) is 11.5 Å². The van der Waals surface area contributed by atoms with Gasteiger partial charge in [-0.25, -0.2) is 0 Å². The molecule has 0 bridgehead atoms.